The van der Waals surface area contributed by atoms with Gasteiger partial charge in [-0.1, -0.05) is 20.8 Å². The second-order valence-corrected chi connectivity index (χ2v) is 11.9. The maximum atomic E-state index is 13.5. The van der Waals surface area contributed by atoms with Gasteiger partial charge in [-0.05, 0) is 97.7 Å². The van der Waals surface area contributed by atoms with E-state index in [1.165, 1.54) is 0 Å². The van der Waals surface area contributed by atoms with E-state index in [0.717, 1.165) is 12.8 Å². The Morgan fingerprint density at radius 1 is 1.00 bits per heavy atom. The zero-order valence-electron chi connectivity index (χ0n) is 19.8. The highest BCUT2D eigenvalue weighted by atomic mass is 16.4. The molecule has 0 unspecified atom stereocenters. The molecule has 0 saturated heterocycles. The largest absolute Gasteiger partial charge is 0.550 e. The maximum absolute atomic E-state index is 13.5. The van der Waals surface area contributed by atoms with E-state index in [1.807, 2.05) is 13.8 Å². The van der Waals surface area contributed by atoms with Gasteiger partial charge in [0.2, 0.25) is 0 Å². The molecular weight excluding hydrogens is 424 g/mol. The highest BCUT2D eigenvalue weighted by Gasteiger charge is 2.66. The molecule has 184 valence electrons. The molecule has 33 heavy (non-hydrogen) atoms. The standard InChI is InChI=1S/C26H38O7/c1-13(4-7-21(28)29)16-5-6-17-22-18(12-19(24(32)33)26(16,17)3)25(2)9-8-14(23(30)31)10-15(25)11-20(22)27/h13-19,22H,4-12H2,1-3H3,(H,28,29)(H,30,31)(H,32,33)/p-3/t13-,14+,15-,16+,17+,18+,19+,22+,25-,26+/m0/s1. The molecule has 4 rings (SSSR count). The fraction of sp³-hybridized carbons (Fsp3) is 0.846. The van der Waals surface area contributed by atoms with E-state index in [-0.39, 0.29) is 53.1 Å². The van der Waals surface area contributed by atoms with Crippen LogP contribution in [0.1, 0.15) is 78.6 Å². The Bertz CT molecular complexity index is 852. The van der Waals surface area contributed by atoms with Crippen LogP contribution in [0.15, 0.2) is 0 Å². The number of aliphatic carboxylic acids is 3. The molecule has 0 aromatic heterocycles. The number of Topliss-reactive ketones (excluding diaryl/α,β-unsaturated/α-hetero) is 1. The zero-order valence-corrected chi connectivity index (χ0v) is 19.8. The maximum Gasteiger partial charge on any atom is 0.136 e. The summed E-state index contributed by atoms with van der Waals surface area (Å²) in [6, 6.07) is 0. The van der Waals surface area contributed by atoms with Gasteiger partial charge in [0.05, 0.1) is 0 Å². The average molecular weight is 460 g/mol. The van der Waals surface area contributed by atoms with Crippen molar-refractivity contribution in [2.24, 2.45) is 58.2 Å². The first-order valence-corrected chi connectivity index (χ1v) is 12.6. The number of carboxylic acids is 3. The quantitative estimate of drug-likeness (QED) is 0.558. The minimum absolute atomic E-state index is 0.0110. The van der Waals surface area contributed by atoms with E-state index in [9.17, 15) is 34.5 Å². The van der Waals surface area contributed by atoms with Crippen LogP contribution in [0.3, 0.4) is 0 Å². The van der Waals surface area contributed by atoms with E-state index in [1.54, 1.807) is 0 Å². The van der Waals surface area contributed by atoms with Crippen molar-refractivity contribution in [3.63, 3.8) is 0 Å². The smallest absolute Gasteiger partial charge is 0.136 e. The fourth-order valence-electron chi connectivity index (χ4n) is 9.01. The molecule has 0 heterocycles. The average Bonchev–Trinajstić information content (AvgIpc) is 3.09. The van der Waals surface area contributed by atoms with E-state index < -0.39 is 35.2 Å². The lowest BCUT2D eigenvalue weighted by Crippen LogP contribution is -2.62. The molecule has 0 aromatic rings. The second kappa shape index (κ2) is 8.38. The van der Waals surface area contributed by atoms with E-state index in [4.69, 9.17) is 0 Å². The van der Waals surface area contributed by atoms with Crippen LogP contribution in [0.5, 0.6) is 0 Å². The Hall–Kier alpha value is -1.92. The molecule has 4 aliphatic rings. The molecule has 0 aliphatic heterocycles. The van der Waals surface area contributed by atoms with Crippen molar-refractivity contribution in [2.45, 2.75) is 78.6 Å². The van der Waals surface area contributed by atoms with Crippen molar-refractivity contribution < 1.29 is 34.5 Å². The summed E-state index contributed by atoms with van der Waals surface area (Å²) < 4.78 is 0. The van der Waals surface area contributed by atoms with Crippen LogP contribution in [0.2, 0.25) is 0 Å². The monoisotopic (exact) mass is 459 g/mol. The van der Waals surface area contributed by atoms with Crippen LogP contribution in [-0.2, 0) is 19.2 Å². The number of fused-ring (bicyclic) bond motifs is 5. The summed E-state index contributed by atoms with van der Waals surface area (Å²) in [5, 5.41) is 35.0. The third-order valence-electron chi connectivity index (χ3n) is 10.8. The molecular formula is C26H35O7-3. The van der Waals surface area contributed by atoms with Crippen LogP contribution in [0.4, 0.5) is 0 Å². The lowest BCUT2D eigenvalue weighted by atomic mass is 9.41. The molecule has 7 heteroatoms. The van der Waals surface area contributed by atoms with Gasteiger partial charge in [-0.2, -0.15) is 0 Å². The third kappa shape index (κ3) is 3.70. The first-order chi connectivity index (χ1) is 15.4. The predicted octanol–water partition coefficient (Wildman–Crippen LogP) is 0.333. The Kier molecular flexibility index (Phi) is 6.15. The van der Waals surface area contributed by atoms with Gasteiger partial charge in [0.25, 0.3) is 0 Å². The lowest BCUT2D eigenvalue weighted by Gasteiger charge is -2.63. The molecule has 0 bridgehead atoms. The van der Waals surface area contributed by atoms with Gasteiger partial charge in [0.15, 0.2) is 0 Å². The molecule has 4 fully saturated rings. The summed E-state index contributed by atoms with van der Waals surface area (Å²) in [4.78, 5) is 48.6. The SMILES string of the molecule is C[C@@H](CCC(=O)[O-])[C@H]1CC[C@@H]2[C@H]3C(=O)C[C@@H]4C[C@H](C(=O)[O-])CC[C@]4(C)[C@@H]3C[C@H](C(=O)[O-])[C@@]21C. The number of hydrogen-bond acceptors (Lipinski definition) is 7. The van der Waals surface area contributed by atoms with Crippen LogP contribution in [0, 0.1) is 58.2 Å². The molecule has 4 saturated carbocycles. The Balaban J connectivity index is 1.67. The van der Waals surface area contributed by atoms with Crippen LogP contribution in [0.25, 0.3) is 0 Å². The summed E-state index contributed by atoms with van der Waals surface area (Å²) in [5.41, 5.74) is -0.884. The Morgan fingerprint density at radius 2 is 1.70 bits per heavy atom. The topological polar surface area (TPSA) is 137 Å². The number of ketones is 1. The van der Waals surface area contributed by atoms with E-state index >= 15 is 0 Å². The number of carbonyl (C=O) groups is 4. The first kappa shape index (κ1) is 24.2. The van der Waals surface area contributed by atoms with Gasteiger partial charge in [-0.25, -0.2) is 0 Å². The van der Waals surface area contributed by atoms with Crippen molar-refractivity contribution >= 4 is 23.7 Å². The molecule has 0 spiro atoms. The van der Waals surface area contributed by atoms with Crippen LogP contribution in [-0.4, -0.2) is 23.7 Å². The fourth-order valence-corrected chi connectivity index (χ4v) is 9.01. The normalized spacial score (nSPS) is 45.4. The molecule has 7 nitrogen and oxygen atoms in total. The Morgan fingerprint density at radius 3 is 2.30 bits per heavy atom. The molecule has 0 aromatic carbocycles. The Labute approximate surface area is 195 Å². The van der Waals surface area contributed by atoms with Gasteiger partial charge in [-0.15, -0.1) is 0 Å². The predicted molar refractivity (Wildman–Crippen MR) is 111 cm³/mol. The molecule has 4 aliphatic carbocycles. The third-order valence-corrected chi connectivity index (χ3v) is 10.8. The highest BCUT2D eigenvalue weighted by Crippen LogP contribution is 2.69. The van der Waals surface area contributed by atoms with Gasteiger partial charge < -0.3 is 29.7 Å². The number of carbonyl (C=O) groups excluding carboxylic acids is 4. The molecule has 10 atom stereocenters. The van der Waals surface area contributed by atoms with Crippen LogP contribution < -0.4 is 15.3 Å². The van der Waals surface area contributed by atoms with E-state index in [0.29, 0.717) is 38.5 Å². The zero-order chi connectivity index (χ0) is 24.3. The number of rotatable bonds is 6. The summed E-state index contributed by atoms with van der Waals surface area (Å²) in [6.07, 6.45) is 4.24. The summed E-state index contributed by atoms with van der Waals surface area (Å²) in [6.45, 7) is 6.12. The van der Waals surface area contributed by atoms with Crippen molar-refractivity contribution in [2.75, 3.05) is 0 Å². The highest BCUT2D eigenvalue weighted by molar-refractivity contribution is 5.84. The second-order valence-electron chi connectivity index (χ2n) is 11.9. The lowest BCUT2D eigenvalue weighted by molar-refractivity contribution is -0.322. The van der Waals surface area contributed by atoms with Crippen molar-refractivity contribution in [3.05, 3.63) is 0 Å². The molecule has 0 N–H and O–H groups in total. The molecule has 0 radical (unpaired) electrons. The first-order valence-electron chi connectivity index (χ1n) is 12.6. The van der Waals surface area contributed by atoms with Gasteiger partial charge in [-0.3, -0.25) is 4.79 Å². The van der Waals surface area contributed by atoms with Crippen molar-refractivity contribution in [1.82, 2.24) is 0 Å². The summed E-state index contributed by atoms with van der Waals surface area (Å²) >= 11 is 0. The summed E-state index contributed by atoms with van der Waals surface area (Å²) in [7, 11) is 0. The van der Waals surface area contributed by atoms with E-state index in [2.05, 4.69) is 6.92 Å². The minimum atomic E-state index is -1.10. The van der Waals surface area contributed by atoms with Crippen molar-refractivity contribution in [3.8, 4) is 0 Å². The van der Waals surface area contributed by atoms with Gasteiger partial charge >= 0.3 is 0 Å². The van der Waals surface area contributed by atoms with Gasteiger partial charge in [0.1, 0.15) is 5.78 Å². The number of hydrogen-bond donors (Lipinski definition) is 0. The number of carboxylic acid groups (broad SMARTS) is 3. The van der Waals surface area contributed by atoms with Crippen LogP contribution >= 0.6 is 0 Å². The minimum Gasteiger partial charge on any atom is -0.550 e. The summed E-state index contributed by atoms with van der Waals surface area (Å²) in [5.74, 6) is -4.76. The van der Waals surface area contributed by atoms with Crippen molar-refractivity contribution in [1.29, 1.82) is 0 Å². The van der Waals surface area contributed by atoms with Gasteiger partial charge in [0, 0.05) is 36.2 Å². The molecule has 0 amide bonds.